The van der Waals surface area contributed by atoms with Crippen LogP contribution >= 0.6 is 11.3 Å². The first-order chi connectivity index (χ1) is 10.3. The minimum absolute atomic E-state index is 0.0357. The number of aryl methyl sites for hydroxylation is 1. The van der Waals surface area contributed by atoms with Crippen LogP contribution in [0.25, 0.3) is 10.8 Å². The summed E-state index contributed by atoms with van der Waals surface area (Å²) in [6.45, 7) is 1.77. The molecule has 1 unspecified atom stereocenters. The van der Waals surface area contributed by atoms with Gasteiger partial charge in [0, 0.05) is 12.3 Å². The van der Waals surface area contributed by atoms with Crippen LogP contribution in [0.2, 0.25) is 0 Å². The van der Waals surface area contributed by atoms with Crippen LogP contribution < -0.4 is 0 Å². The van der Waals surface area contributed by atoms with E-state index in [-0.39, 0.29) is 5.92 Å². The van der Waals surface area contributed by atoms with Gasteiger partial charge in [0.25, 0.3) is 5.89 Å². The number of nitrogens with zero attached hydrogens (tertiary/aromatic N) is 3. The molecular weight excluding hydrogens is 286 g/mol. The highest BCUT2D eigenvalue weighted by molar-refractivity contribution is 7.15. The molecule has 0 amide bonds. The molecule has 1 aromatic carbocycles. The monoisotopic (exact) mass is 299 g/mol. The Hall–Kier alpha value is -2.34. The molecule has 2 aromatic heterocycles. The van der Waals surface area contributed by atoms with Crippen molar-refractivity contribution in [1.29, 1.82) is 0 Å². The lowest BCUT2D eigenvalue weighted by molar-refractivity contribution is -0.108. The Morgan fingerprint density at radius 1 is 1.33 bits per heavy atom. The van der Waals surface area contributed by atoms with Crippen LogP contribution in [0.1, 0.15) is 28.7 Å². The van der Waals surface area contributed by atoms with Gasteiger partial charge in [-0.2, -0.15) is 4.98 Å². The molecule has 1 atom stereocenters. The molecule has 21 heavy (non-hydrogen) atoms. The summed E-state index contributed by atoms with van der Waals surface area (Å²) >= 11 is 1.48. The Morgan fingerprint density at radius 2 is 2.14 bits per heavy atom. The molecule has 0 N–H and O–H groups in total. The summed E-state index contributed by atoms with van der Waals surface area (Å²) in [5.74, 6) is 1.02. The van der Waals surface area contributed by atoms with E-state index in [1.165, 1.54) is 11.3 Å². The minimum atomic E-state index is -0.0357. The van der Waals surface area contributed by atoms with E-state index in [0.29, 0.717) is 18.1 Å². The second-order valence-corrected chi connectivity index (χ2v) is 5.64. The van der Waals surface area contributed by atoms with Crippen molar-refractivity contribution in [2.24, 2.45) is 0 Å². The molecule has 5 nitrogen and oxygen atoms in total. The average Bonchev–Trinajstić information content (AvgIpc) is 3.14. The summed E-state index contributed by atoms with van der Waals surface area (Å²) in [5, 5.41) is 4.65. The van der Waals surface area contributed by atoms with Crippen molar-refractivity contribution in [3.05, 3.63) is 52.9 Å². The molecule has 0 saturated carbocycles. The number of hydrogen-bond acceptors (Lipinski definition) is 6. The predicted molar refractivity (Wildman–Crippen MR) is 79.1 cm³/mol. The first-order valence-electron chi connectivity index (χ1n) is 6.53. The van der Waals surface area contributed by atoms with Gasteiger partial charge in [-0.15, -0.1) is 11.3 Å². The Bertz CT molecular complexity index is 736. The number of carbonyl (C=O) groups excluding carboxylic acids is 1. The Morgan fingerprint density at radius 3 is 2.81 bits per heavy atom. The van der Waals surface area contributed by atoms with Gasteiger partial charge in [-0.3, -0.25) is 0 Å². The van der Waals surface area contributed by atoms with Crippen molar-refractivity contribution in [3.8, 4) is 10.8 Å². The molecule has 2 heterocycles. The fraction of sp³-hybridized carbons (Fsp3) is 0.200. The summed E-state index contributed by atoms with van der Waals surface area (Å²) in [5.41, 5.74) is 1.08. The maximum absolute atomic E-state index is 11.0. The van der Waals surface area contributed by atoms with Crippen molar-refractivity contribution in [2.45, 2.75) is 19.3 Å². The summed E-state index contributed by atoms with van der Waals surface area (Å²) < 4.78 is 5.15. The standard InChI is InChI=1S/C15H13N3O2S/c1-10-17-14(20-18-10)13-9-16-15(21-13)12(7-8-19)11-5-3-2-4-6-11/h2-6,8-9,12H,7H2,1H3. The van der Waals surface area contributed by atoms with Crippen LogP contribution in [-0.4, -0.2) is 21.4 Å². The van der Waals surface area contributed by atoms with Gasteiger partial charge in [0.15, 0.2) is 5.82 Å². The lowest BCUT2D eigenvalue weighted by Crippen LogP contribution is -2.01. The minimum Gasteiger partial charge on any atom is -0.333 e. The molecule has 106 valence electrons. The van der Waals surface area contributed by atoms with E-state index < -0.39 is 0 Å². The SMILES string of the molecule is Cc1noc(-c2cnc(C(CC=O)c3ccccc3)s2)n1. The molecule has 3 aromatic rings. The normalized spacial score (nSPS) is 12.2. The fourth-order valence-corrected chi connectivity index (χ4v) is 3.09. The van der Waals surface area contributed by atoms with Crippen molar-refractivity contribution in [2.75, 3.05) is 0 Å². The summed E-state index contributed by atoms with van der Waals surface area (Å²) in [6.07, 6.45) is 3.04. The van der Waals surface area contributed by atoms with Gasteiger partial charge < -0.3 is 9.32 Å². The van der Waals surface area contributed by atoms with E-state index in [1.54, 1.807) is 13.1 Å². The summed E-state index contributed by atoms with van der Waals surface area (Å²) in [4.78, 5) is 20.4. The zero-order chi connectivity index (χ0) is 14.7. The van der Waals surface area contributed by atoms with E-state index >= 15 is 0 Å². The highest BCUT2D eigenvalue weighted by Crippen LogP contribution is 2.33. The van der Waals surface area contributed by atoms with E-state index in [9.17, 15) is 4.79 Å². The van der Waals surface area contributed by atoms with Gasteiger partial charge in [0.1, 0.15) is 16.2 Å². The third kappa shape index (κ3) is 2.90. The smallest absolute Gasteiger partial charge is 0.269 e. The summed E-state index contributed by atoms with van der Waals surface area (Å²) in [6, 6.07) is 9.89. The lowest BCUT2D eigenvalue weighted by atomic mass is 9.97. The second-order valence-electron chi connectivity index (χ2n) is 4.58. The van der Waals surface area contributed by atoms with Crippen LogP contribution in [0.5, 0.6) is 0 Å². The average molecular weight is 299 g/mol. The first kappa shape index (κ1) is 13.6. The topological polar surface area (TPSA) is 68.9 Å². The van der Waals surface area contributed by atoms with Crippen molar-refractivity contribution in [1.82, 2.24) is 15.1 Å². The maximum atomic E-state index is 11.0. The fourth-order valence-electron chi connectivity index (χ4n) is 2.11. The molecule has 0 aliphatic heterocycles. The largest absolute Gasteiger partial charge is 0.333 e. The highest BCUT2D eigenvalue weighted by atomic mass is 32.1. The molecule has 0 fully saturated rings. The quantitative estimate of drug-likeness (QED) is 0.677. The third-order valence-corrected chi connectivity index (χ3v) is 4.19. The van der Waals surface area contributed by atoms with Crippen LogP contribution in [0.15, 0.2) is 41.1 Å². The molecule has 0 aliphatic rings. The number of rotatable bonds is 5. The van der Waals surface area contributed by atoms with Crippen LogP contribution in [0, 0.1) is 6.92 Å². The number of carbonyl (C=O) groups is 1. The molecule has 3 rings (SSSR count). The number of aldehydes is 1. The van der Waals surface area contributed by atoms with Gasteiger partial charge in [-0.1, -0.05) is 35.5 Å². The Labute approximate surface area is 125 Å². The zero-order valence-electron chi connectivity index (χ0n) is 11.4. The van der Waals surface area contributed by atoms with E-state index in [0.717, 1.165) is 21.7 Å². The van der Waals surface area contributed by atoms with Gasteiger partial charge >= 0.3 is 0 Å². The molecule has 0 radical (unpaired) electrons. The van der Waals surface area contributed by atoms with Crippen LogP contribution in [-0.2, 0) is 4.79 Å². The molecule has 0 bridgehead atoms. The zero-order valence-corrected chi connectivity index (χ0v) is 12.2. The van der Waals surface area contributed by atoms with Gasteiger partial charge in [0.2, 0.25) is 0 Å². The molecule has 0 saturated heterocycles. The van der Waals surface area contributed by atoms with Crippen molar-refractivity contribution < 1.29 is 9.32 Å². The Kier molecular flexibility index (Phi) is 3.87. The predicted octanol–water partition coefficient (Wildman–Crippen LogP) is 3.22. The number of benzene rings is 1. The van der Waals surface area contributed by atoms with Crippen LogP contribution in [0.3, 0.4) is 0 Å². The maximum Gasteiger partial charge on any atom is 0.269 e. The number of thiazole rings is 1. The van der Waals surface area contributed by atoms with Gasteiger partial charge in [0.05, 0.1) is 6.20 Å². The van der Waals surface area contributed by atoms with Crippen molar-refractivity contribution in [3.63, 3.8) is 0 Å². The second kappa shape index (κ2) is 5.97. The third-order valence-electron chi connectivity index (χ3n) is 3.09. The number of hydrogen-bond donors (Lipinski definition) is 0. The van der Waals surface area contributed by atoms with E-state index in [4.69, 9.17) is 4.52 Å². The summed E-state index contributed by atoms with van der Waals surface area (Å²) in [7, 11) is 0. The molecule has 0 aliphatic carbocycles. The van der Waals surface area contributed by atoms with Gasteiger partial charge in [-0.25, -0.2) is 4.98 Å². The van der Waals surface area contributed by atoms with E-state index in [1.807, 2.05) is 30.3 Å². The van der Waals surface area contributed by atoms with Crippen molar-refractivity contribution >= 4 is 17.6 Å². The van der Waals surface area contributed by atoms with Gasteiger partial charge in [-0.05, 0) is 12.5 Å². The number of aromatic nitrogens is 3. The molecule has 6 heteroatoms. The van der Waals surface area contributed by atoms with E-state index in [2.05, 4.69) is 15.1 Å². The molecule has 0 spiro atoms. The lowest BCUT2D eigenvalue weighted by Gasteiger charge is -2.11. The first-order valence-corrected chi connectivity index (χ1v) is 7.34. The molecular formula is C15H13N3O2S. The van der Waals surface area contributed by atoms with Crippen LogP contribution in [0.4, 0.5) is 0 Å². The highest BCUT2D eigenvalue weighted by Gasteiger charge is 2.19. The Balaban J connectivity index is 1.94.